The average Bonchev–Trinajstić information content (AvgIpc) is 3.27. The molecule has 2 atom stereocenters. The lowest BCUT2D eigenvalue weighted by molar-refractivity contribution is -0.113. The summed E-state index contributed by atoms with van der Waals surface area (Å²) in [6, 6.07) is 7.84. The van der Waals surface area contributed by atoms with E-state index in [0.717, 1.165) is 59.2 Å². The number of amides is 1. The molecule has 0 saturated carbocycles. The van der Waals surface area contributed by atoms with Crippen LogP contribution in [-0.2, 0) is 9.53 Å². The number of benzene rings is 1. The van der Waals surface area contributed by atoms with Gasteiger partial charge in [0.05, 0.1) is 35.3 Å². The van der Waals surface area contributed by atoms with Crippen molar-refractivity contribution in [2.75, 3.05) is 24.4 Å². The zero-order valence-corrected chi connectivity index (χ0v) is 21.5. The number of carbonyl (C=O) groups excluding carboxylic acids is 1. The fourth-order valence-electron chi connectivity index (χ4n) is 4.13. The first-order valence-corrected chi connectivity index (χ1v) is 12.5. The molecule has 0 fully saturated rings. The summed E-state index contributed by atoms with van der Waals surface area (Å²) >= 11 is 0. The molecule has 0 spiro atoms. The zero-order valence-electron chi connectivity index (χ0n) is 21.5. The Balaban J connectivity index is 1.72. The quantitative estimate of drug-likeness (QED) is 0.504. The third-order valence-corrected chi connectivity index (χ3v) is 5.97. The van der Waals surface area contributed by atoms with Crippen LogP contribution in [0, 0.1) is 5.92 Å². The van der Waals surface area contributed by atoms with Crippen molar-refractivity contribution in [3.8, 4) is 0 Å². The smallest absolute Gasteiger partial charge is 0.253 e. The van der Waals surface area contributed by atoms with Crippen molar-refractivity contribution in [1.82, 2.24) is 9.97 Å². The highest BCUT2D eigenvalue weighted by Gasteiger charge is 2.28. The van der Waals surface area contributed by atoms with Gasteiger partial charge in [-0.05, 0) is 43.9 Å². The van der Waals surface area contributed by atoms with E-state index in [1.165, 1.54) is 0 Å². The Kier molecular flexibility index (Phi) is 9.73. The molecule has 7 heteroatoms. The van der Waals surface area contributed by atoms with Crippen LogP contribution in [0.25, 0.3) is 12.2 Å². The number of nitrogens with one attached hydrogen (secondary N) is 2. The molecule has 1 aromatic carbocycles. The van der Waals surface area contributed by atoms with Gasteiger partial charge in [0.15, 0.2) is 0 Å². The maximum atomic E-state index is 13.0. The highest BCUT2D eigenvalue weighted by Crippen LogP contribution is 2.26. The summed E-state index contributed by atoms with van der Waals surface area (Å²) in [5.41, 5.74) is 3.35. The molecular weight excluding hydrogens is 438 g/mol. The third kappa shape index (κ3) is 6.85. The summed E-state index contributed by atoms with van der Waals surface area (Å²) < 4.78 is 5.22. The van der Waals surface area contributed by atoms with Crippen molar-refractivity contribution in [3.63, 3.8) is 0 Å². The number of rotatable bonds is 11. The summed E-state index contributed by atoms with van der Waals surface area (Å²) in [6.07, 6.45) is 11.4. The summed E-state index contributed by atoms with van der Waals surface area (Å²) in [5.74, 6) is 0.588. The van der Waals surface area contributed by atoms with Crippen molar-refractivity contribution in [3.05, 3.63) is 58.5 Å². The van der Waals surface area contributed by atoms with Crippen LogP contribution in [0.5, 0.6) is 0 Å². The van der Waals surface area contributed by atoms with Gasteiger partial charge in [-0.15, -0.1) is 0 Å². The minimum Gasteiger partial charge on any atom is -0.379 e. The molecule has 2 N–H and O–H groups in total. The van der Waals surface area contributed by atoms with Gasteiger partial charge in [0.1, 0.15) is 5.82 Å². The third-order valence-electron chi connectivity index (χ3n) is 5.97. The molecular formula is C28H37N5O2. The molecule has 1 amide bonds. The van der Waals surface area contributed by atoms with Gasteiger partial charge in [-0.3, -0.25) is 14.8 Å². The molecule has 35 heavy (non-hydrogen) atoms. The first-order valence-electron chi connectivity index (χ1n) is 12.5. The summed E-state index contributed by atoms with van der Waals surface area (Å²) in [6.45, 7) is 8.81. The van der Waals surface area contributed by atoms with Gasteiger partial charge < -0.3 is 15.4 Å². The Labute approximate surface area is 208 Å². The second kappa shape index (κ2) is 13.0. The Bertz CT molecular complexity index is 1200. The van der Waals surface area contributed by atoms with Gasteiger partial charge in [0.2, 0.25) is 0 Å². The number of aromatic nitrogens is 2. The number of nitrogens with zero attached hydrogens (tertiary/aromatic N) is 3. The number of ether oxygens (including phenoxy) is 1. The fourth-order valence-corrected chi connectivity index (χ4v) is 4.13. The average molecular weight is 476 g/mol. The molecule has 3 rings (SSSR count). The second-order valence-corrected chi connectivity index (χ2v) is 8.68. The largest absolute Gasteiger partial charge is 0.379 e. The van der Waals surface area contributed by atoms with E-state index in [0.29, 0.717) is 12.2 Å². The summed E-state index contributed by atoms with van der Waals surface area (Å²) in [5, 5.41) is 8.33. The number of methoxy groups -OCH3 is 1. The summed E-state index contributed by atoms with van der Waals surface area (Å²) in [4.78, 5) is 26.8. The highest BCUT2D eigenvalue weighted by atomic mass is 16.5. The normalized spacial score (nSPS) is 17.2. The highest BCUT2D eigenvalue weighted by molar-refractivity contribution is 6.10. The maximum Gasteiger partial charge on any atom is 0.253 e. The first kappa shape index (κ1) is 26.3. The van der Waals surface area contributed by atoms with Crippen LogP contribution < -0.4 is 21.3 Å². The molecule has 2 aromatic rings. The van der Waals surface area contributed by atoms with Gasteiger partial charge in [-0.2, -0.15) is 0 Å². The number of aliphatic imine (C=N–C) groups is 1. The number of carbonyl (C=O) groups is 1. The van der Waals surface area contributed by atoms with Crippen LogP contribution in [0.15, 0.2) is 47.2 Å². The van der Waals surface area contributed by atoms with Gasteiger partial charge >= 0.3 is 0 Å². The molecule has 7 nitrogen and oxygen atoms in total. The van der Waals surface area contributed by atoms with Crippen LogP contribution in [-0.4, -0.2) is 35.3 Å². The number of hydrogen-bond acceptors (Lipinski definition) is 6. The SMILES string of the molecule is CC/C=c1/ncc(NC(C)c2cccc(NC(=O)C3=CN=C(COC)C3CC)c2)n/c1=C\CCC. The molecule has 1 aliphatic rings. The minimum absolute atomic E-state index is 0.0102. The molecule has 1 aromatic heterocycles. The molecule has 0 bridgehead atoms. The lowest BCUT2D eigenvalue weighted by Crippen LogP contribution is -2.32. The molecule has 2 heterocycles. The van der Waals surface area contributed by atoms with E-state index >= 15 is 0 Å². The van der Waals surface area contributed by atoms with Crippen molar-refractivity contribution in [2.24, 2.45) is 10.9 Å². The van der Waals surface area contributed by atoms with Crippen molar-refractivity contribution in [1.29, 1.82) is 0 Å². The van der Waals surface area contributed by atoms with E-state index in [1.807, 2.05) is 24.3 Å². The Morgan fingerprint density at radius 1 is 1.20 bits per heavy atom. The van der Waals surface area contributed by atoms with Crippen molar-refractivity contribution >= 4 is 35.3 Å². The Hall–Kier alpha value is -3.32. The van der Waals surface area contributed by atoms with Crippen LogP contribution in [0.2, 0.25) is 0 Å². The summed E-state index contributed by atoms with van der Waals surface area (Å²) in [7, 11) is 1.64. The molecule has 186 valence electrons. The van der Waals surface area contributed by atoms with Gasteiger partial charge in [0.25, 0.3) is 5.91 Å². The molecule has 1 aliphatic heterocycles. The first-order chi connectivity index (χ1) is 17.0. The zero-order chi connectivity index (χ0) is 25.2. The Morgan fingerprint density at radius 3 is 2.74 bits per heavy atom. The Morgan fingerprint density at radius 2 is 2.03 bits per heavy atom. The van der Waals surface area contributed by atoms with E-state index in [2.05, 4.69) is 60.5 Å². The second-order valence-electron chi connectivity index (χ2n) is 8.68. The van der Waals surface area contributed by atoms with Crippen molar-refractivity contribution < 1.29 is 9.53 Å². The van der Waals surface area contributed by atoms with E-state index in [9.17, 15) is 4.79 Å². The van der Waals surface area contributed by atoms with Crippen LogP contribution >= 0.6 is 0 Å². The van der Waals surface area contributed by atoms with Crippen LogP contribution in [0.1, 0.15) is 65.0 Å². The van der Waals surface area contributed by atoms with Crippen LogP contribution in [0.3, 0.4) is 0 Å². The molecule has 2 unspecified atom stereocenters. The number of anilines is 2. The molecule has 0 aliphatic carbocycles. The van der Waals surface area contributed by atoms with Crippen LogP contribution in [0.4, 0.5) is 11.5 Å². The standard InChI is InChI=1S/C28H37N5O2/c1-6-9-14-25-24(11-7-2)30-17-27(33-25)31-19(4)20-12-10-13-21(15-20)32-28(34)23-16-29-26(18-35-5)22(23)8-3/h10-17,19,22H,6-9,18H2,1-5H3,(H,31,33)(H,32,34)/b24-11+,25-14-. The van der Waals surface area contributed by atoms with Gasteiger partial charge in [0, 0.05) is 30.5 Å². The predicted molar refractivity (Wildman–Crippen MR) is 144 cm³/mol. The fraction of sp³-hybridized carbons (Fsp3) is 0.429. The maximum absolute atomic E-state index is 13.0. The minimum atomic E-state index is -0.130. The predicted octanol–water partition coefficient (Wildman–Crippen LogP) is 4.37. The molecule has 0 radical (unpaired) electrons. The van der Waals surface area contributed by atoms with Gasteiger partial charge in [-0.25, -0.2) is 4.98 Å². The lowest BCUT2D eigenvalue weighted by atomic mass is 9.93. The monoisotopic (exact) mass is 475 g/mol. The van der Waals surface area contributed by atoms with E-state index in [-0.39, 0.29) is 17.9 Å². The topological polar surface area (TPSA) is 88.5 Å². The van der Waals surface area contributed by atoms with E-state index < -0.39 is 0 Å². The van der Waals surface area contributed by atoms with E-state index in [4.69, 9.17) is 9.72 Å². The molecule has 0 saturated heterocycles. The van der Waals surface area contributed by atoms with Crippen molar-refractivity contribution in [2.45, 2.75) is 59.4 Å². The lowest BCUT2D eigenvalue weighted by Gasteiger charge is -2.17. The van der Waals surface area contributed by atoms with Gasteiger partial charge in [-0.1, -0.05) is 51.5 Å². The number of unbranched alkanes of at least 4 members (excludes halogenated alkanes) is 1. The van der Waals surface area contributed by atoms with E-state index in [1.54, 1.807) is 19.5 Å². The number of hydrogen-bond donors (Lipinski definition) is 2.